The van der Waals surface area contributed by atoms with Crippen molar-refractivity contribution >= 4 is 23.1 Å². The van der Waals surface area contributed by atoms with Gasteiger partial charge in [-0.15, -0.1) is 0 Å². The van der Waals surface area contributed by atoms with Crippen molar-refractivity contribution in [1.29, 1.82) is 0 Å². The number of rotatable bonds is 2. The average Bonchev–Trinajstić information content (AvgIpc) is 2.98. The summed E-state index contributed by atoms with van der Waals surface area (Å²) in [4.78, 5) is 25.1. The Morgan fingerprint density at radius 1 is 1.22 bits per heavy atom. The van der Waals surface area contributed by atoms with E-state index in [-0.39, 0.29) is 0 Å². The van der Waals surface area contributed by atoms with Crippen molar-refractivity contribution < 1.29 is 9.59 Å². The fraction of sp³-hybridized carbons (Fsp3) is 0.429. The molecule has 1 amide bonds. The molecule has 4 heteroatoms. The lowest BCUT2D eigenvalue weighted by molar-refractivity contribution is -0.112. The van der Waals surface area contributed by atoms with Gasteiger partial charge in [0.25, 0.3) is 11.7 Å². The first kappa shape index (κ1) is 11.3. The SMILES string of the molecule is CN(c1ccc2c(c1)NC(=O)C2=O)C1CCCC1. The van der Waals surface area contributed by atoms with Gasteiger partial charge in [0.15, 0.2) is 0 Å². The third kappa shape index (κ3) is 1.68. The van der Waals surface area contributed by atoms with E-state index in [0.717, 1.165) is 5.69 Å². The Kier molecular flexibility index (Phi) is 2.58. The minimum absolute atomic E-state index is 0.430. The molecule has 0 unspecified atom stereocenters. The second kappa shape index (κ2) is 4.12. The number of amides is 1. The number of hydrogen-bond acceptors (Lipinski definition) is 3. The van der Waals surface area contributed by atoms with Crippen LogP contribution in [0.25, 0.3) is 0 Å². The van der Waals surface area contributed by atoms with Crippen LogP contribution in [0.5, 0.6) is 0 Å². The molecule has 1 aliphatic heterocycles. The van der Waals surface area contributed by atoms with Crippen LogP contribution in [0.4, 0.5) is 11.4 Å². The van der Waals surface area contributed by atoms with Crippen LogP contribution < -0.4 is 10.2 Å². The van der Waals surface area contributed by atoms with Gasteiger partial charge in [-0.1, -0.05) is 12.8 Å². The fourth-order valence-electron chi connectivity index (χ4n) is 2.86. The zero-order valence-electron chi connectivity index (χ0n) is 10.4. The van der Waals surface area contributed by atoms with Crippen molar-refractivity contribution in [2.24, 2.45) is 0 Å². The Labute approximate surface area is 106 Å². The summed E-state index contributed by atoms with van der Waals surface area (Å²) in [6.45, 7) is 0. The van der Waals surface area contributed by atoms with Gasteiger partial charge in [0.1, 0.15) is 0 Å². The number of Topliss-reactive ketones (excluding diaryl/α,β-unsaturated/α-hetero) is 1. The summed E-state index contributed by atoms with van der Waals surface area (Å²) in [6, 6.07) is 6.15. The third-order valence-electron chi connectivity index (χ3n) is 3.98. The van der Waals surface area contributed by atoms with Gasteiger partial charge in [0, 0.05) is 18.8 Å². The molecule has 3 rings (SSSR count). The van der Waals surface area contributed by atoms with Gasteiger partial charge in [0.2, 0.25) is 0 Å². The van der Waals surface area contributed by atoms with Crippen LogP contribution >= 0.6 is 0 Å². The number of anilines is 2. The van der Waals surface area contributed by atoms with Crippen LogP contribution in [0.1, 0.15) is 36.0 Å². The highest BCUT2D eigenvalue weighted by molar-refractivity contribution is 6.51. The van der Waals surface area contributed by atoms with E-state index >= 15 is 0 Å². The number of fused-ring (bicyclic) bond motifs is 1. The van der Waals surface area contributed by atoms with E-state index in [9.17, 15) is 9.59 Å². The quantitative estimate of drug-likeness (QED) is 0.811. The van der Waals surface area contributed by atoms with Crippen LogP contribution in [0.15, 0.2) is 18.2 Å². The maximum Gasteiger partial charge on any atom is 0.296 e. The molecule has 0 bridgehead atoms. The molecule has 1 N–H and O–H groups in total. The maximum absolute atomic E-state index is 11.5. The Morgan fingerprint density at radius 2 is 1.94 bits per heavy atom. The molecule has 18 heavy (non-hydrogen) atoms. The lowest BCUT2D eigenvalue weighted by Crippen LogP contribution is -2.28. The van der Waals surface area contributed by atoms with Gasteiger partial charge in [0.05, 0.1) is 11.3 Å². The van der Waals surface area contributed by atoms with Crippen molar-refractivity contribution in [1.82, 2.24) is 0 Å². The second-order valence-electron chi connectivity index (χ2n) is 5.06. The predicted octanol–water partition coefficient (Wildman–Crippen LogP) is 2.20. The van der Waals surface area contributed by atoms with E-state index in [0.29, 0.717) is 17.3 Å². The van der Waals surface area contributed by atoms with Crippen LogP contribution in [0.3, 0.4) is 0 Å². The van der Waals surface area contributed by atoms with Crippen molar-refractivity contribution in [2.45, 2.75) is 31.7 Å². The standard InChI is InChI=1S/C14H16N2O2/c1-16(9-4-2-3-5-9)10-6-7-11-12(8-10)15-14(18)13(11)17/h6-9H,2-5H2,1H3,(H,15,17,18). The highest BCUT2D eigenvalue weighted by Crippen LogP contribution is 2.31. The van der Waals surface area contributed by atoms with Gasteiger partial charge in [-0.2, -0.15) is 0 Å². The Balaban J connectivity index is 1.89. The summed E-state index contributed by atoms with van der Waals surface area (Å²) in [7, 11) is 2.08. The summed E-state index contributed by atoms with van der Waals surface area (Å²) in [5.74, 6) is -0.953. The molecule has 4 nitrogen and oxygen atoms in total. The van der Waals surface area contributed by atoms with E-state index < -0.39 is 11.7 Å². The van der Waals surface area contributed by atoms with Gasteiger partial charge >= 0.3 is 0 Å². The molecule has 94 valence electrons. The van der Waals surface area contributed by atoms with Crippen molar-refractivity contribution in [3.05, 3.63) is 23.8 Å². The Morgan fingerprint density at radius 3 is 2.67 bits per heavy atom. The van der Waals surface area contributed by atoms with Crippen LogP contribution in [0.2, 0.25) is 0 Å². The second-order valence-corrected chi connectivity index (χ2v) is 5.06. The first-order chi connectivity index (χ1) is 8.66. The number of benzene rings is 1. The fourth-order valence-corrected chi connectivity index (χ4v) is 2.86. The summed E-state index contributed by atoms with van der Waals surface area (Å²) >= 11 is 0. The minimum Gasteiger partial charge on any atom is -0.372 e. The van der Waals surface area contributed by atoms with E-state index in [1.807, 2.05) is 12.1 Å². The van der Waals surface area contributed by atoms with Crippen LogP contribution in [-0.2, 0) is 4.79 Å². The topological polar surface area (TPSA) is 49.4 Å². The summed E-state index contributed by atoms with van der Waals surface area (Å²) in [5, 5.41) is 2.62. The smallest absolute Gasteiger partial charge is 0.296 e. The zero-order chi connectivity index (χ0) is 12.7. The number of carbonyl (C=O) groups is 2. The molecular weight excluding hydrogens is 228 g/mol. The molecule has 0 atom stereocenters. The molecule has 0 aromatic heterocycles. The van der Waals surface area contributed by atoms with E-state index in [2.05, 4.69) is 17.3 Å². The van der Waals surface area contributed by atoms with Gasteiger partial charge in [-0.3, -0.25) is 9.59 Å². The van der Waals surface area contributed by atoms with Crippen molar-refractivity contribution in [3.8, 4) is 0 Å². The minimum atomic E-state index is -0.523. The molecular formula is C14H16N2O2. The predicted molar refractivity (Wildman–Crippen MR) is 70.1 cm³/mol. The number of carbonyl (C=O) groups excluding carboxylic acids is 2. The summed E-state index contributed by atoms with van der Waals surface area (Å²) < 4.78 is 0. The molecule has 1 aromatic rings. The Bertz CT molecular complexity index is 519. The van der Waals surface area contributed by atoms with E-state index in [4.69, 9.17) is 0 Å². The normalized spacial score (nSPS) is 18.9. The Hall–Kier alpha value is -1.84. The highest BCUT2D eigenvalue weighted by atomic mass is 16.2. The summed E-state index contributed by atoms with van der Waals surface area (Å²) in [6.07, 6.45) is 5.02. The highest BCUT2D eigenvalue weighted by Gasteiger charge is 2.29. The lowest BCUT2D eigenvalue weighted by atomic mass is 10.1. The largest absolute Gasteiger partial charge is 0.372 e. The number of nitrogens with zero attached hydrogens (tertiary/aromatic N) is 1. The monoisotopic (exact) mass is 244 g/mol. The molecule has 0 radical (unpaired) electrons. The molecule has 1 fully saturated rings. The van der Waals surface area contributed by atoms with E-state index in [1.165, 1.54) is 25.7 Å². The van der Waals surface area contributed by atoms with Crippen LogP contribution in [0, 0.1) is 0 Å². The van der Waals surface area contributed by atoms with Gasteiger partial charge < -0.3 is 10.2 Å². The van der Waals surface area contributed by atoms with Crippen molar-refractivity contribution in [3.63, 3.8) is 0 Å². The van der Waals surface area contributed by atoms with Gasteiger partial charge in [-0.25, -0.2) is 0 Å². The first-order valence-electron chi connectivity index (χ1n) is 6.39. The maximum atomic E-state index is 11.5. The summed E-state index contributed by atoms with van der Waals surface area (Å²) in [5.41, 5.74) is 2.20. The molecule has 1 heterocycles. The zero-order valence-corrected chi connectivity index (χ0v) is 10.4. The molecule has 0 saturated heterocycles. The molecule has 0 spiro atoms. The third-order valence-corrected chi connectivity index (χ3v) is 3.98. The number of nitrogens with one attached hydrogen (secondary N) is 1. The molecule has 2 aliphatic rings. The molecule has 1 aliphatic carbocycles. The number of hydrogen-bond donors (Lipinski definition) is 1. The van der Waals surface area contributed by atoms with Crippen molar-refractivity contribution in [2.75, 3.05) is 17.3 Å². The lowest BCUT2D eigenvalue weighted by Gasteiger charge is -2.26. The molecule has 1 aromatic carbocycles. The number of ketones is 1. The van der Waals surface area contributed by atoms with E-state index in [1.54, 1.807) is 6.07 Å². The van der Waals surface area contributed by atoms with Gasteiger partial charge in [-0.05, 0) is 31.0 Å². The average molecular weight is 244 g/mol. The van der Waals surface area contributed by atoms with Crippen LogP contribution in [-0.4, -0.2) is 24.8 Å². The first-order valence-corrected chi connectivity index (χ1v) is 6.39. The molecule has 1 saturated carbocycles.